The third kappa shape index (κ3) is 5.84. The SMILES string of the molecule is CCOc1ccc(NC(=O)Nc2ccc(Cn3cnc(-c4nc(-c5ccccc5C)no4)c3)cc2)cc1. The second kappa shape index (κ2) is 10.8. The van der Waals surface area contributed by atoms with E-state index in [2.05, 4.69) is 25.8 Å². The molecule has 9 nitrogen and oxygen atoms in total. The van der Waals surface area contributed by atoms with Crippen LogP contribution in [0.2, 0.25) is 0 Å². The molecular formula is C28H26N6O3. The summed E-state index contributed by atoms with van der Waals surface area (Å²) in [6.45, 7) is 5.13. The van der Waals surface area contributed by atoms with Crippen LogP contribution in [0.5, 0.6) is 5.75 Å². The molecule has 2 amide bonds. The molecule has 0 unspecified atom stereocenters. The van der Waals surface area contributed by atoms with Gasteiger partial charge in [-0.15, -0.1) is 0 Å². The maximum Gasteiger partial charge on any atom is 0.323 e. The van der Waals surface area contributed by atoms with Crippen LogP contribution in [-0.2, 0) is 6.54 Å². The molecule has 0 aliphatic carbocycles. The maximum absolute atomic E-state index is 12.3. The van der Waals surface area contributed by atoms with Gasteiger partial charge in [-0.05, 0) is 61.4 Å². The number of aryl methyl sites for hydroxylation is 1. The van der Waals surface area contributed by atoms with Gasteiger partial charge < -0.3 is 24.5 Å². The number of ether oxygens (including phenoxy) is 1. The molecule has 5 aromatic rings. The van der Waals surface area contributed by atoms with Crippen LogP contribution in [0.25, 0.3) is 23.0 Å². The highest BCUT2D eigenvalue weighted by Crippen LogP contribution is 2.24. The van der Waals surface area contributed by atoms with Crippen molar-refractivity contribution in [1.82, 2.24) is 19.7 Å². The Morgan fingerprint density at radius 1 is 0.973 bits per heavy atom. The quantitative estimate of drug-likeness (QED) is 0.274. The van der Waals surface area contributed by atoms with E-state index < -0.39 is 0 Å². The number of anilines is 2. The first kappa shape index (κ1) is 23.8. The fraction of sp³-hybridized carbons (Fsp3) is 0.143. The van der Waals surface area contributed by atoms with Gasteiger partial charge in [0, 0.05) is 29.7 Å². The lowest BCUT2D eigenvalue weighted by atomic mass is 10.1. The molecule has 2 heterocycles. The Morgan fingerprint density at radius 2 is 1.68 bits per heavy atom. The van der Waals surface area contributed by atoms with Gasteiger partial charge in [-0.3, -0.25) is 0 Å². The smallest absolute Gasteiger partial charge is 0.323 e. The first-order valence-corrected chi connectivity index (χ1v) is 11.9. The van der Waals surface area contributed by atoms with Crippen molar-refractivity contribution in [3.63, 3.8) is 0 Å². The van der Waals surface area contributed by atoms with Gasteiger partial charge in [-0.2, -0.15) is 4.98 Å². The second-order valence-electron chi connectivity index (χ2n) is 8.40. The van der Waals surface area contributed by atoms with Crippen LogP contribution in [-0.4, -0.2) is 32.3 Å². The van der Waals surface area contributed by atoms with Crippen molar-refractivity contribution < 1.29 is 14.1 Å². The number of nitrogens with one attached hydrogen (secondary N) is 2. The number of carbonyl (C=O) groups excluding carboxylic acids is 1. The average molecular weight is 495 g/mol. The number of nitrogens with zero attached hydrogens (tertiary/aromatic N) is 4. The molecule has 3 aromatic carbocycles. The molecule has 5 rings (SSSR count). The summed E-state index contributed by atoms with van der Waals surface area (Å²) < 4.78 is 12.8. The Morgan fingerprint density at radius 3 is 2.38 bits per heavy atom. The predicted molar refractivity (Wildman–Crippen MR) is 141 cm³/mol. The Balaban J connectivity index is 1.17. The number of hydrogen-bond acceptors (Lipinski definition) is 6. The third-order valence-corrected chi connectivity index (χ3v) is 5.66. The zero-order valence-electron chi connectivity index (χ0n) is 20.5. The van der Waals surface area contributed by atoms with Crippen LogP contribution >= 0.6 is 0 Å². The predicted octanol–water partition coefficient (Wildman–Crippen LogP) is 6.00. The van der Waals surface area contributed by atoms with E-state index >= 15 is 0 Å². The molecule has 0 atom stereocenters. The lowest BCUT2D eigenvalue weighted by Crippen LogP contribution is -2.19. The van der Waals surface area contributed by atoms with Crippen LogP contribution in [0, 0.1) is 6.92 Å². The van der Waals surface area contributed by atoms with Crippen LogP contribution in [0.15, 0.2) is 89.8 Å². The average Bonchev–Trinajstić information content (AvgIpc) is 3.57. The van der Waals surface area contributed by atoms with Gasteiger partial charge in [0.25, 0.3) is 5.89 Å². The Hall–Kier alpha value is -4.92. The molecule has 0 bridgehead atoms. The Labute approximate surface area is 214 Å². The van der Waals surface area contributed by atoms with Gasteiger partial charge in [0.05, 0.1) is 12.9 Å². The van der Waals surface area contributed by atoms with Crippen LogP contribution in [0.1, 0.15) is 18.1 Å². The summed E-state index contributed by atoms with van der Waals surface area (Å²) in [5.74, 6) is 1.67. The lowest BCUT2D eigenvalue weighted by molar-refractivity contribution is 0.262. The number of urea groups is 1. The van der Waals surface area contributed by atoms with Gasteiger partial charge in [0.1, 0.15) is 11.4 Å². The molecule has 37 heavy (non-hydrogen) atoms. The minimum atomic E-state index is -0.319. The van der Waals surface area contributed by atoms with Crippen LogP contribution in [0.3, 0.4) is 0 Å². The number of imidazole rings is 1. The standard InChI is InChI=1S/C28H26N6O3/c1-3-36-23-14-12-22(13-15-23)31-28(35)30-21-10-8-20(9-11-21)16-34-17-25(29-18-34)27-32-26(33-37-27)24-7-5-4-6-19(24)2/h4-15,17-18H,3,16H2,1-2H3,(H2,30,31,35). The Kier molecular flexibility index (Phi) is 6.93. The number of hydrogen-bond donors (Lipinski definition) is 2. The van der Waals surface area contributed by atoms with E-state index in [0.717, 1.165) is 22.4 Å². The molecule has 0 fully saturated rings. The zero-order chi connectivity index (χ0) is 25.6. The number of carbonyl (C=O) groups is 1. The highest BCUT2D eigenvalue weighted by Gasteiger charge is 2.14. The van der Waals surface area contributed by atoms with Crippen LogP contribution < -0.4 is 15.4 Å². The van der Waals surface area contributed by atoms with Crippen molar-refractivity contribution in [1.29, 1.82) is 0 Å². The lowest BCUT2D eigenvalue weighted by Gasteiger charge is -2.09. The van der Waals surface area contributed by atoms with E-state index in [4.69, 9.17) is 9.26 Å². The molecule has 0 radical (unpaired) electrons. The van der Waals surface area contributed by atoms with E-state index in [1.807, 2.05) is 85.3 Å². The molecule has 0 aliphatic heterocycles. The topological polar surface area (TPSA) is 107 Å². The fourth-order valence-corrected chi connectivity index (χ4v) is 3.82. The van der Waals surface area contributed by atoms with Gasteiger partial charge in [-0.1, -0.05) is 41.6 Å². The Bertz CT molecular complexity index is 1490. The van der Waals surface area contributed by atoms with E-state index in [-0.39, 0.29) is 6.03 Å². The summed E-state index contributed by atoms with van der Waals surface area (Å²) in [5, 5.41) is 9.76. The summed E-state index contributed by atoms with van der Waals surface area (Å²) >= 11 is 0. The first-order valence-electron chi connectivity index (χ1n) is 11.9. The highest BCUT2D eigenvalue weighted by molar-refractivity contribution is 5.99. The van der Waals surface area contributed by atoms with Gasteiger partial charge in [0.15, 0.2) is 0 Å². The van der Waals surface area contributed by atoms with Crippen molar-refractivity contribution in [2.75, 3.05) is 17.2 Å². The molecule has 0 saturated carbocycles. The molecule has 9 heteroatoms. The van der Waals surface area contributed by atoms with Crippen molar-refractivity contribution in [3.05, 3.63) is 96.4 Å². The van der Waals surface area contributed by atoms with E-state index in [0.29, 0.717) is 41.9 Å². The van der Waals surface area contributed by atoms with Crippen molar-refractivity contribution in [3.8, 4) is 28.7 Å². The summed E-state index contributed by atoms with van der Waals surface area (Å²) in [6, 6.07) is 22.4. The van der Waals surface area contributed by atoms with Gasteiger partial charge in [0.2, 0.25) is 5.82 Å². The molecule has 2 aromatic heterocycles. The first-order chi connectivity index (χ1) is 18.1. The normalized spacial score (nSPS) is 10.8. The van der Waals surface area contributed by atoms with E-state index in [1.54, 1.807) is 18.5 Å². The summed E-state index contributed by atoms with van der Waals surface area (Å²) in [4.78, 5) is 21.3. The molecule has 0 aliphatic rings. The van der Waals surface area contributed by atoms with Crippen molar-refractivity contribution in [2.24, 2.45) is 0 Å². The zero-order valence-corrected chi connectivity index (χ0v) is 20.5. The number of benzene rings is 3. The minimum Gasteiger partial charge on any atom is -0.494 e. The number of rotatable bonds is 8. The molecule has 186 valence electrons. The van der Waals surface area contributed by atoms with Crippen molar-refractivity contribution in [2.45, 2.75) is 20.4 Å². The maximum atomic E-state index is 12.3. The number of aromatic nitrogens is 4. The van der Waals surface area contributed by atoms with Gasteiger partial charge >= 0.3 is 6.03 Å². The molecule has 2 N–H and O–H groups in total. The number of amides is 2. The van der Waals surface area contributed by atoms with Crippen LogP contribution in [0.4, 0.5) is 16.2 Å². The summed E-state index contributed by atoms with van der Waals surface area (Å²) in [7, 11) is 0. The van der Waals surface area contributed by atoms with E-state index in [9.17, 15) is 4.79 Å². The fourth-order valence-electron chi connectivity index (χ4n) is 3.82. The van der Waals surface area contributed by atoms with E-state index in [1.165, 1.54) is 0 Å². The summed E-state index contributed by atoms with van der Waals surface area (Å²) in [5.41, 5.74) is 5.03. The monoisotopic (exact) mass is 494 g/mol. The largest absolute Gasteiger partial charge is 0.494 e. The molecule has 0 spiro atoms. The molecule has 0 saturated heterocycles. The minimum absolute atomic E-state index is 0.319. The molecular weight excluding hydrogens is 468 g/mol. The highest BCUT2D eigenvalue weighted by atomic mass is 16.5. The van der Waals surface area contributed by atoms with Gasteiger partial charge in [-0.25, -0.2) is 9.78 Å². The van der Waals surface area contributed by atoms with Crippen molar-refractivity contribution >= 4 is 17.4 Å². The third-order valence-electron chi connectivity index (χ3n) is 5.66. The second-order valence-corrected chi connectivity index (χ2v) is 8.40. The summed E-state index contributed by atoms with van der Waals surface area (Å²) in [6.07, 6.45) is 3.59.